The molecule has 0 bridgehead atoms. The average Bonchev–Trinajstić information content (AvgIpc) is 3.46. The molecule has 25 heavy (non-hydrogen) atoms. The molecule has 3 rings (SSSR count). The van der Waals surface area contributed by atoms with Crippen molar-refractivity contribution in [3.8, 4) is 0 Å². The highest BCUT2D eigenvalue weighted by molar-refractivity contribution is 5.78. The standard InChI is InChI=1S/C22H28N2O/c1-3-18-9-11-19(12-10-18)17(2)23-15-21(25)24-16-22(13-14-22)20-7-5-4-6-8-20/h4-12,17,23H,3,13-16H2,1-2H3,(H,24,25). The fourth-order valence-electron chi connectivity index (χ4n) is 3.25. The molecule has 3 heteroatoms. The van der Waals surface area contributed by atoms with Crippen LogP contribution >= 0.6 is 0 Å². The summed E-state index contributed by atoms with van der Waals surface area (Å²) < 4.78 is 0. The first-order chi connectivity index (χ1) is 12.1. The largest absolute Gasteiger partial charge is 0.354 e. The minimum atomic E-state index is 0.0687. The lowest BCUT2D eigenvalue weighted by Gasteiger charge is -2.18. The molecule has 0 heterocycles. The zero-order chi connectivity index (χ0) is 17.7. The molecule has 132 valence electrons. The van der Waals surface area contributed by atoms with E-state index < -0.39 is 0 Å². The summed E-state index contributed by atoms with van der Waals surface area (Å²) in [5.74, 6) is 0.0687. The van der Waals surface area contributed by atoms with Crippen molar-refractivity contribution in [3.63, 3.8) is 0 Å². The minimum absolute atomic E-state index is 0.0687. The Morgan fingerprint density at radius 3 is 2.36 bits per heavy atom. The Morgan fingerprint density at radius 1 is 1.08 bits per heavy atom. The molecule has 1 fully saturated rings. The number of rotatable bonds is 8. The summed E-state index contributed by atoms with van der Waals surface area (Å²) in [5, 5.41) is 6.43. The lowest BCUT2D eigenvalue weighted by atomic mass is 9.96. The van der Waals surface area contributed by atoms with Crippen LogP contribution in [0.5, 0.6) is 0 Å². The van der Waals surface area contributed by atoms with E-state index in [1.807, 2.05) is 6.07 Å². The van der Waals surface area contributed by atoms with E-state index >= 15 is 0 Å². The molecule has 1 aliphatic rings. The van der Waals surface area contributed by atoms with Crippen LogP contribution in [-0.4, -0.2) is 19.0 Å². The maximum atomic E-state index is 12.2. The average molecular weight is 336 g/mol. The van der Waals surface area contributed by atoms with Crippen LogP contribution in [-0.2, 0) is 16.6 Å². The number of benzene rings is 2. The van der Waals surface area contributed by atoms with E-state index in [-0.39, 0.29) is 17.4 Å². The van der Waals surface area contributed by atoms with E-state index in [1.54, 1.807) is 0 Å². The third kappa shape index (κ3) is 4.49. The third-order valence-electron chi connectivity index (χ3n) is 5.32. The Morgan fingerprint density at radius 2 is 1.76 bits per heavy atom. The van der Waals surface area contributed by atoms with Gasteiger partial charge in [-0.1, -0.05) is 61.5 Å². The van der Waals surface area contributed by atoms with Crippen molar-refractivity contribution in [3.05, 3.63) is 71.3 Å². The topological polar surface area (TPSA) is 41.1 Å². The second kappa shape index (κ2) is 7.83. The van der Waals surface area contributed by atoms with Crippen LogP contribution in [0, 0.1) is 0 Å². The Balaban J connectivity index is 1.45. The van der Waals surface area contributed by atoms with Gasteiger partial charge in [0.1, 0.15) is 0 Å². The SMILES string of the molecule is CCc1ccc(C(C)NCC(=O)NCC2(c3ccccc3)CC2)cc1. The van der Waals surface area contributed by atoms with Gasteiger partial charge in [0.2, 0.25) is 5.91 Å². The molecule has 0 radical (unpaired) electrons. The predicted octanol–water partition coefficient (Wildman–Crippen LogP) is 3.75. The Labute approximate surface area is 150 Å². The molecule has 1 aliphatic carbocycles. The van der Waals surface area contributed by atoms with E-state index in [1.165, 1.54) is 16.7 Å². The van der Waals surface area contributed by atoms with Crippen molar-refractivity contribution in [1.82, 2.24) is 10.6 Å². The Kier molecular flexibility index (Phi) is 5.54. The van der Waals surface area contributed by atoms with E-state index in [2.05, 4.69) is 73.0 Å². The molecule has 1 saturated carbocycles. The number of nitrogens with one attached hydrogen (secondary N) is 2. The molecule has 2 aromatic rings. The van der Waals surface area contributed by atoms with Crippen molar-refractivity contribution >= 4 is 5.91 Å². The molecule has 0 saturated heterocycles. The van der Waals surface area contributed by atoms with Gasteiger partial charge in [-0.05, 0) is 42.9 Å². The van der Waals surface area contributed by atoms with Gasteiger partial charge in [0.15, 0.2) is 0 Å². The van der Waals surface area contributed by atoms with E-state index in [0.29, 0.717) is 6.54 Å². The number of hydrogen-bond donors (Lipinski definition) is 2. The van der Waals surface area contributed by atoms with Crippen LogP contribution in [0.25, 0.3) is 0 Å². The molecule has 1 amide bonds. The summed E-state index contributed by atoms with van der Waals surface area (Å²) in [6.07, 6.45) is 3.36. The van der Waals surface area contributed by atoms with Crippen LogP contribution in [0.2, 0.25) is 0 Å². The Bertz CT molecular complexity index is 690. The van der Waals surface area contributed by atoms with Crippen molar-refractivity contribution in [2.24, 2.45) is 0 Å². The van der Waals surface area contributed by atoms with Crippen LogP contribution < -0.4 is 10.6 Å². The molecular formula is C22H28N2O. The summed E-state index contributed by atoms with van der Waals surface area (Å²) >= 11 is 0. The van der Waals surface area contributed by atoms with Gasteiger partial charge in [0.05, 0.1) is 6.54 Å². The van der Waals surface area contributed by atoms with Crippen LogP contribution in [0.3, 0.4) is 0 Å². The van der Waals surface area contributed by atoms with Crippen molar-refractivity contribution in [2.45, 2.75) is 44.6 Å². The molecule has 3 nitrogen and oxygen atoms in total. The van der Waals surface area contributed by atoms with Gasteiger partial charge in [-0.25, -0.2) is 0 Å². The number of aryl methyl sites for hydroxylation is 1. The molecule has 0 aliphatic heterocycles. The zero-order valence-corrected chi connectivity index (χ0v) is 15.2. The first-order valence-electron chi connectivity index (χ1n) is 9.27. The fraction of sp³-hybridized carbons (Fsp3) is 0.409. The second-order valence-corrected chi connectivity index (χ2v) is 7.12. The van der Waals surface area contributed by atoms with Gasteiger partial charge in [-0.15, -0.1) is 0 Å². The van der Waals surface area contributed by atoms with Crippen LogP contribution in [0.4, 0.5) is 0 Å². The molecule has 1 unspecified atom stereocenters. The van der Waals surface area contributed by atoms with Gasteiger partial charge in [0.25, 0.3) is 0 Å². The molecule has 0 aromatic heterocycles. The number of carbonyl (C=O) groups is 1. The summed E-state index contributed by atoms with van der Waals surface area (Å²) in [6.45, 7) is 5.34. The summed E-state index contributed by atoms with van der Waals surface area (Å²) in [5.41, 5.74) is 4.06. The van der Waals surface area contributed by atoms with Gasteiger partial charge >= 0.3 is 0 Å². The van der Waals surface area contributed by atoms with E-state index in [4.69, 9.17) is 0 Å². The summed E-state index contributed by atoms with van der Waals surface area (Å²) in [6, 6.07) is 19.3. The number of amides is 1. The van der Waals surface area contributed by atoms with Gasteiger partial charge in [-0.3, -0.25) is 4.79 Å². The van der Waals surface area contributed by atoms with Crippen molar-refractivity contribution in [2.75, 3.05) is 13.1 Å². The normalized spacial score (nSPS) is 16.2. The first-order valence-corrected chi connectivity index (χ1v) is 9.27. The molecule has 2 aromatic carbocycles. The highest BCUT2D eigenvalue weighted by Crippen LogP contribution is 2.47. The van der Waals surface area contributed by atoms with Crippen LogP contribution in [0.15, 0.2) is 54.6 Å². The first kappa shape index (κ1) is 17.7. The lowest BCUT2D eigenvalue weighted by molar-refractivity contribution is -0.120. The fourth-order valence-corrected chi connectivity index (χ4v) is 3.25. The predicted molar refractivity (Wildman–Crippen MR) is 103 cm³/mol. The minimum Gasteiger partial charge on any atom is -0.354 e. The lowest BCUT2D eigenvalue weighted by Crippen LogP contribution is -2.38. The Hall–Kier alpha value is -2.13. The van der Waals surface area contributed by atoms with Crippen molar-refractivity contribution in [1.29, 1.82) is 0 Å². The van der Waals surface area contributed by atoms with Gasteiger partial charge < -0.3 is 10.6 Å². The number of hydrogen-bond acceptors (Lipinski definition) is 2. The van der Waals surface area contributed by atoms with Gasteiger partial charge in [-0.2, -0.15) is 0 Å². The summed E-state index contributed by atoms with van der Waals surface area (Å²) in [7, 11) is 0. The molecule has 2 N–H and O–H groups in total. The monoisotopic (exact) mass is 336 g/mol. The number of carbonyl (C=O) groups excluding carboxylic acids is 1. The maximum absolute atomic E-state index is 12.2. The van der Waals surface area contributed by atoms with Crippen molar-refractivity contribution < 1.29 is 4.79 Å². The zero-order valence-electron chi connectivity index (χ0n) is 15.2. The highest BCUT2D eigenvalue weighted by Gasteiger charge is 2.44. The molecule has 0 spiro atoms. The molecule has 1 atom stereocenters. The highest BCUT2D eigenvalue weighted by atomic mass is 16.1. The second-order valence-electron chi connectivity index (χ2n) is 7.12. The van der Waals surface area contributed by atoms with Crippen LogP contribution in [0.1, 0.15) is 49.4 Å². The third-order valence-corrected chi connectivity index (χ3v) is 5.32. The van der Waals surface area contributed by atoms with Gasteiger partial charge in [0, 0.05) is 18.0 Å². The molecular weight excluding hydrogens is 308 g/mol. The summed E-state index contributed by atoms with van der Waals surface area (Å²) in [4.78, 5) is 12.2. The van der Waals surface area contributed by atoms with E-state index in [9.17, 15) is 4.79 Å². The van der Waals surface area contributed by atoms with E-state index in [0.717, 1.165) is 25.8 Å². The maximum Gasteiger partial charge on any atom is 0.234 e. The smallest absolute Gasteiger partial charge is 0.234 e. The quantitative estimate of drug-likeness (QED) is 0.771.